The largest absolute Gasteiger partial charge is 0.117 e. The minimum Gasteiger partial charge on any atom is -0.0688 e. The zero-order chi connectivity index (χ0) is 10.1. The van der Waals surface area contributed by atoms with Gasteiger partial charge in [-0.05, 0) is 0 Å². The molecule has 0 aromatic heterocycles. The smallest absolute Gasteiger partial charge is 0.0688 e. The molecular weight excluding hydrogens is 155 g/mol. The lowest BCUT2D eigenvalue weighted by atomic mass is 9.51. The fraction of sp³-hybridized carbons (Fsp3) is 1.00. The van der Waals surface area contributed by atoms with Crippen LogP contribution in [0.3, 0.4) is 0 Å². The highest BCUT2D eigenvalue weighted by Crippen LogP contribution is 2.26. The fourth-order valence-electron chi connectivity index (χ4n) is 2.00. The summed E-state index contributed by atoms with van der Waals surface area (Å²) in [5.41, 5.74) is 0. The zero-order valence-electron chi connectivity index (χ0n) is 9.97. The summed E-state index contributed by atoms with van der Waals surface area (Å²) in [6.07, 6.45) is 8.09. The fourth-order valence-corrected chi connectivity index (χ4v) is 2.00. The van der Waals surface area contributed by atoms with Gasteiger partial charge in [-0.15, -0.1) is 0 Å². The van der Waals surface area contributed by atoms with Crippen molar-refractivity contribution in [2.24, 2.45) is 0 Å². The Morgan fingerprint density at radius 2 is 1.15 bits per heavy atom. The van der Waals surface area contributed by atoms with E-state index in [1.165, 1.54) is 38.5 Å². The predicted molar refractivity (Wildman–Crippen MR) is 63.7 cm³/mol. The van der Waals surface area contributed by atoms with Crippen molar-refractivity contribution in [3.63, 3.8) is 0 Å². The average Bonchev–Trinajstić information content (AvgIpc) is 2.16. The molecule has 13 heavy (non-hydrogen) atoms. The lowest BCUT2D eigenvalue weighted by Gasteiger charge is -2.19. The molecule has 1 radical (unpaired) electrons. The zero-order valence-corrected chi connectivity index (χ0v) is 9.97. The summed E-state index contributed by atoms with van der Waals surface area (Å²) >= 11 is 0. The van der Waals surface area contributed by atoms with Gasteiger partial charge in [0.2, 0.25) is 0 Å². The molecule has 0 aliphatic carbocycles. The topological polar surface area (TPSA) is 0 Å². The van der Waals surface area contributed by atoms with E-state index in [0.717, 1.165) is 11.6 Å². The van der Waals surface area contributed by atoms with Gasteiger partial charge in [0.15, 0.2) is 0 Å². The Bertz CT molecular complexity index is 89.3. The molecule has 0 nitrogen and oxygen atoms in total. The molecule has 1 heteroatoms. The standard InChI is InChI=1S/C12H26B/c1-5-9-11(7-3)13-12(8-4)10-6-2/h11-12H,5-10H2,1-4H3. The molecule has 0 amide bonds. The van der Waals surface area contributed by atoms with Crippen LogP contribution >= 0.6 is 0 Å². The first-order chi connectivity index (χ1) is 6.28. The molecule has 0 saturated heterocycles. The molecule has 0 heterocycles. The number of hydrogen-bond acceptors (Lipinski definition) is 0. The second-order valence-corrected chi connectivity index (χ2v) is 4.11. The van der Waals surface area contributed by atoms with Crippen LogP contribution in [-0.4, -0.2) is 7.28 Å². The quantitative estimate of drug-likeness (QED) is 0.476. The van der Waals surface area contributed by atoms with E-state index in [1.807, 2.05) is 0 Å². The molecule has 0 fully saturated rings. The number of hydrogen-bond donors (Lipinski definition) is 0. The van der Waals surface area contributed by atoms with Crippen LogP contribution in [0.25, 0.3) is 0 Å². The van der Waals surface area contributed by atoms with Crippen molar-refractivity contribution >= 4 is 7.28 Å². The van der Waals surface area contributed by atoms with Crippen LogP contribution in [0.15, 0.2) is 0 Å². The minimum atomic E-state index is 0.876. The summed E-state index contributed by atoms with van der Waals surface area (Å²) < 4.78 is 0. The van der Waals surface area contributed by atoms with E-state index >= 15 is 0 Å². The van der Waals surface area contributed by atoms with E-state index in [4.69, 9.17) is 0 Å². The Hall–Kier alpha value is 0.0649. The summed E-state index contributed by atoms with van der Waals surface area (Å²) in [6, 6.07) is 0. The third-order valence-corrected chi connectivity index (χ3v) is 2.91. The van der Waals surface area contributed by atoms with Gasteiger partial charge in [-0.3, -0.25) is 0 Å². The summed E-state index contributed by atoms with van der Waals surface area (Å²) in [4.78, 5) is 0. The second kappa shape index (κ2) is 8.65. The maximum atomic E-state index is 2.62. The molecule has 0 bridgehead atoms. The molecule has 0 aromatic rings. The van der Waals surface area contributed by atoms with Crippen molar-refractivity contribution in [2.45, 2.75) is 77.9 Å². The minimum absolute atomic E-state index is 0.876. The van der Waals surface area contributed by atoms with Gasteiger partial charge >= 0.3 is 0 Å². The Balaban J connectivity index is 3.73. The van der Waals surface area contributed by atoms with Crippen LogP contribution in [0.5, 0.6) is 0 Å². The van der Waals surface area contributed by atoms with Crippen molar-refractivity contribution in [1.29, 1.82) is 0 Å². The highest BCUT2D eigenvalue weighted by atomic mass is 14.0. The van der Waals surface area contributed by atoms with Gasteiger partial charge in [0.05, 0.1) is 0 Å². The van der Waals surface area contributed by atoms with Crippen LogP contribution in [0.4, 0.5) is 0 Å². The van der Waals surface area contributed by atoms with Crippen molar-refractivity contribution in [3.05, 3.63) is 0 Å². The third-order valence-electron chi connectivity index (χ3n) is 2.91. The lowest BCUT2D eigenvalue weighted by Crippen LogP contribution is -2.10. The van der Waals surface area contributed by atoms with Gasteiger partial charge in [0.1, 0.15) is 7.28 Å². The molecular formula is C12H26B. The molecule has 0 N–H and O–H groups in total. The van der Waals surface area contributed by atoms with E-state index in [0.29, 0.717) is 0 Å². The van der Waals surface area contributed by atoms with Crippen LogP contribution in [0, 0.1) is 0 Å². The maximum absolute atomic E-state index is 2.62. The van der Waals surface area contributed by atoms with Gasteiger partial charge in [-0.2, -0.15) is 0 Å². The summed E-state index contributed by atoms with van der Waals surface area (Å²) in [6.45, 7) is 9.21. The third kappa shape index (κ3) is 6.18. The molecule has 0 rings (SSSR count). The first-order valence-electron chi connectivity index (χ1n) is 6.13. The molecule has 2 atom stereocenters. The molecule has 0 aliphatic heterocycles. The van der Waals surface area contributed by atoms with E-state index in [1.54, 1.807) is 0 Å². The summed E-state index contributed by atoms with van der Waals surface area (Å²) in [7, 11) is 2.62. The van der Waals surface area contributed by atoms with Gasteiger partial charge in [0, 0.05) is 0 Å². The SMILES string of the molecule is CCCC([B]C(CC)CCC)CC. The van der Waals surface area contributed by atoms with Crippen LogP contribution in [0.1, 0.15) is 66.2 Å². The molecule has 77 valence electrons. The highest BCUT2D eigenvalue weighted by Gasteiger charge is 2.13. The molecule has 2 unspecified atom stereocenters. The van der Waals surface area contributed by atoms with Crippen LogP contribution < -0.4 is 0 Å². The van der Waals surface area contributed by atoms with Gasteiger partial charge < -0.3 is 0 Å². The highest BCUT2D eigenvalue weighted by molar-refractivity contribution is 6.39. The van der Waals surface area contributed by atoms with Crippen LogP contribution in [0.2, 0.25) is 11.6 Å². The Labute approximate surface area is 85.7 Å². The van der Waals surface area contributed by atoms with E-state index in [-0.39, 0.29) is 0 Å². The normalized spacial score (nSPS) is 15.4. The Kier molecular flexibility index (Phi) is 8.70. The van der Waals surface area contributed by atoms with Crippen molar-refractivity contribution in [2.75, 3.05) is 0 Å². The average molecular weight is 181 g/mol. The molecule has 0 aromatic carbocycles. The Morgan fingerprint density at radius 3 is 1.38 bits per heavy atom. The first kappa shape index (κ1) is 13.1. The van der Waals surface area contributed by atoms with Crippen molar-refractivity contribution in [1.82, 2.24) is 0 Å². The Morgan fingerprint density at radius 1 is 0.769 bits per heavy atom. The van der Waals surface area contributed by atoms with Crippen LogP contribution in [-0.2, 0) is 0 Å². The van der Waals surface area contributed by atoms with Gasteiger partial charge in [-0.1, -0.05) is 77.9 Å². The summed E-state index contributed by atoms with van der Waals surface area (Å²) in [5, 5.41) is 0. The first-order valence-corrected chi connectivity index (χ1v) is 6.13. The van der Waals surface area contributed by atoms with E-state index in [2.05, 4.69) is 35.0 Å². The van der Waals surface area contributed by atoms with E-state index in [9.17, 15) is 0 Å². The lowest BCUT2D eigenvalue weighted by molar-refractivity contribution is 0.643. The second-order valence-electron chi connectivity index (χ2n) is 4.11. The summed E-state index contributed by atoms with van der Waals surface area (Å²) in [5.74, 6) is 1.75. The maximum Gasteiger partial charge on any atom is 0.117 e. The molecule has 0 spiro atoms. The molecule has 0 aliphatic rings. The van der Waals surface area contributed by atoms with Gasteiger partial charge in [-0.25, -0.2) is 0 Å². The van der Waals surface area contributed by atoms with Crippen molar-refractivity contribution < 1.29 is 0 Å². The monoisotopic (exact) mass is 181 g/mol. The number of rotatable bonds is 8. The van der Waals surface area contributed by atoms with Gasteiger partial charge in [0.25, 0.3) is 0 Å². The molecule has 0 saturated carbocycles. The van der Waals surface area contributed by atoms with Crippen molar-refractivity contribution in [3.8, 4) is 0 Å². The van der Waals surface area contributed by atoms with E-state index < -0.39 is 0 Å². The predicted octanol–water partition coefficient (Wildman–Crippen LogP) is 4.69.